The highest BCUT2D eigenvalue weighted by atomic mass is 19.1. The van der Waals surface area contributed by atoms with Gasteiger partial charge < -0.3 is 15.2 Å². The lowest BCUT2D eigenvalue weighted by atomic mass is 9.98. The quantitative estimate of drug-likeness (QED) is 0.463. The third-order valence-electron chi connectivity index (χ3n) is 6.58. The van der Waals surface area contributed by atoms with E-state index in [0.29, 0.717) is 6.42 Å². The summed E-state index contributed by atoms with van der Waals surface area (Å²) in [6.45, 7) is 0.317. The van der Waals surface area contributed by atoms with Crippen molar-refractivity contribution in [3.8, 4) is 11.1 Å². The zero-order valence-corrected chi connectivity index (χ0v) is 18.7. The van der Waals surface area contributed by atoms with E-state index in [0.717, 1.165) is 28.3 Å². The molecule has 3 N–H and O–H groups in total. The Balaban J connectivity index is 1.18. The van der Waals surface area contributed by atoms with E-state index in [-0.39, 0.29) is 36.2 Å². The number of fused-ring (bicyclic) bond motifs is 3. The van der Waals surface area contributed by atoms with Crippen LogP contribution in [0.15, 0.2) is 66.7 Å². The number of hydrogen-bond acceptors (Lipinski definition) is 4. The molecule has 8 heteroatoms. The number of carboxylic acid groups (broad SMARTS) is 1. The van der Waals surface area contributed by atoms with Crippen LogP contribution in [-0.2, 0) is 9.53 Å². The van der Waals surface area contributed by atoms with Gasteiger partial charge in [-0.05, 0) is 52.8 Å². The summed E-state index contributed by atoms with van der Waals surface area (Å²) in [6, 6.07) is 19.6. The number of benzene rings is 3. The first-order valence-electron chi connectivity index (χ1n) is 11.3. The van der Waals surface area contributed by atoms with Crippen LogP contribution in [0.25, 0.3) is 11.1 Å². The number of rotatable bonds is 7. The summed E-state index contributed by atoms with van der Waals surface area (Å²) < 4.78 is 20.0. The molecule has 0 bridgehead atoms. The fraction of sp³-hybridized carbons (Fsp3) is 0.222. The second-order valence-electron chi connectivity index (χ2n) is 8.80. The van der Waals surface area contributed by atoms with Crippen LogP contribution in [0.1, 0.15) is 33.8 Å². The maximum Gasteiger partial charge on any atom is 0.411 e. The van der Waals surface area contributed by atoms with Crippen molar-refractivity contribution in [3.05, 3.63) is 89.2 Å². The van der Waals surface area contributed by atoms with Crippen molar-refractivity contribution in [3.63, 3.8) is 0 Å². The van der Waals surface area contributed by atoms with Crippen LogP contribution in [0.4, 0.5) is 14.9 Å². The Morgan fingerprint density at radius 3 is 2.23 bits per heavy atom. The summed E-state index contributed by atoms with van der Waals surface area (Å²) in [5, 5.41) is 13.9. The van der Waals surface area contributed by atoms with Crippen molar-refractivity contribution >= 4 is 23.7 Å². The number of amides is 2. The van der Waals surface area contributed by atoms with Crippen molar-refractivity contribution in [1.29, 1.82) is 0 Å². The second kappa shape index (κ2) is 9.21. The standard InChI is InChI=1S/C27H23FN2O5/c28-23-12-15(25(31)29-13-16-11-21(16)26(32)33)9-10-24(23)30-27(34)35-14-22-19-7-3-1-5-17(19)18-6-2-4-8-20(18)22/h1-10,12,16,21-22H,11,13-14H2,(H,29,31)(H,30,34)(H,32,33)/t16-,21-/m0/s1. The van der Waals surface area contributed by atoms with Crippen LogP contribution in [0.3, 0.4) is 0 Å². The van der Waals surface area contributed by atoms with E-state index in [2.05, 4.69) is 10.6 Å². The van der Waals surface area contributed by atoms with Crippen LogP contribution in [0, 0.1) is 17.7 Å². The van der Waals surface area contributed by atoms with Gasteiger partial charge in [-0.2, -0.15) is 0 Å². The lowest BCUT2D eigenvalue weighted by Crippen LogP contribution is -2.26. The van der Waals surface area contributed by atoms with Crippen molar-refractivity contribution in [2.24, 2.45) is 11.8 Å². The number of carboxylic acids is 1. The smallest absolute Gasteiger partial charge is 0.411 e. The summed E-state index contributed by atoms with van der Waals surface area (Å²) in [4.78, 5) is 35.5. The third-order valence-corrected chi connectivity index (χ3v) is 6.58. The van der Waals surface area contributed by atoms with Crippen LogP contribution < -0.4 is 10.6 Å². The first-order chi connectivity index (χ1) is 16.9. The Labute approximate surface area is 200 Å². The van der Waals surface area contributed by atoms with Gasteiger partial charge in [0.05, 0.1) is 11.6 Å². The van der Waals surface area contributed by atoms with Gasteiger partial charge in [-0.3, -0.25) is 14.9 Å². The molecule has 35 heavy (non-hydrogen) atoms. The van der Waals surface area contributed by atoms with E-state index >= 15 is 0 Å². The third kappa shape index (κ3) is 4.59. The first kappa shape index (κ1) is 22.6. The van der Waals surface area contributed by atoms with Gasteiger partial charge in [0, 0.05) is 18.0 Å². The lowest BCUT2D eigenvalue weighted by molar-refractivity contribution is -0.138. The minimum atomic E-state index is -0.876. The Hall–Kier alpha value is -4.20. The SMILES string of the molecule is O=C(Nc1ccc(C(=O)NC[C@@H]2C[C@@H]2C(=O)O)cc1F)OCC1c2ccccc2-c2ccccc21. The van der Waals surface area contributed by atoms with Crippen molar-refractivity contribution < 1.29 is 28.6 Å². The zero-order chi connectivity index (χ0) is 24.5. The largest absolute Gasteiger partial charge is 0.481 e. The molecule has 0 aliphatic heterocycles. The highest BCUT2D eigenvalue weighted by Gasteiger charge is 2.43. The van der Waals surface area contributed by atoms with Crippen molar-refractivity contribution in [2.75, 3.05) is 18.5 Å². The normalized spacial score (nSPS) is 17.7. The van der Waals surface area contributed by atoms with E-state index in [4.69, 9.17) is 9.84 Å². The molecule has 5 rings (SSSR count). The Morgan fingerprint density at radius 2 is 1.63 bits per heavy atom. The molecule has 7 nitrogen and oxygen atoms in total. The number of hydrogen-bond donors (Lipinski definition) is 3. The van der Waals surface area contributed by atoms with E-state index < -0.39 is 29.7 Å². The summed E-state index contributed by atoms with van der Waals surface area (Å²) in [7, 11) is 0. The summed E-state index contributed by atoms with van der Waals surface area (Å²) >= 11 is 0. The van der Waals surface area contributed by atoms with Gasteiger partial charge in [0.2, 0.25) is 0 Å². The monoisotopic (exact) mass is 474 g/mol. The van der Waals surface area contributed by atoms with Crippen LogP contribution in [-0.4, -0.2) is 36.2 Å². The fourth-order valence-electron chi connectivity index (χ4n) is 4.60. The van der Waals surface area contributed by atoms with Crippen LogP contribution in [0.5, 0.6) is 0 Å². The molecule has 0 heterocycles. The molecule has 0 spiro atoms. The van der Waals surface area contributed by atoms with Gasteiger partial charge >= 0.3 is 12.1 Å². The van der Waals surface area contributed by atoms with E-state index in [1.54, 1.807) is 0 Å². The molecule has 2 aliphatic rings. The summed E-state index contributed by atoms with van der Waals surface area (Å²) in [5.41, 5.74) is 4.34. The maximum absolute atomic E-state index is 14.6. The van der Waals surface area contributed by atoms with Crippen LogP contribution >= 0.6 is 0 Å². The molecule has 3 aromatic carbocycles. The highest BCUT2D eigenvalue weighted by Crippen LogP contribution is 2.44. The second-order valence-corrected chi connectivity index (χ2v) is 8.80. The Kier molecular flexibility index (Phi) is 5.94. The minimum absolute atomic E-state index is 0.0770. The molecule has 0 radical (unpaired) electrons. The molecule has 0 aromatic heterocycles. The van der Waals surface area contributed by atoms with E-state index in [9.17, 15) is 18.8 Å². The van der Waals surface area contributed by atoms with Gasteiger partial charge in [-0.15, -0.1) is 0 Å². The Morgan fingerprint density at radius 1 is 0.971 bits per heavy atom. The maximum atomic E-state index is 14.6. The fourth-order valence-corrected chi connectivity index (χ4v) is 4.60. The minimum Gasteiger partial charge on any atom is -0.481 e. The number of halogens is 1. The molecule has 2 aliphatic carbocycles. The van der Waals surface area contributed by atoms with Gasteiger partial charge in [0.1, 0.15) is 12.4 Å². The molecule has 2 amide bonds. The average molecular weight is 474 g/mol. The van der Waals surface area contributed by atoms with Crippen LogP contribution in [0.2, 0.25) is 0 Å². The highest BCUT2D eigenvalue weighted by molar-refractivity contribution is 5.95. The number of anilines is 1. The van der Waals surface area contributed by atoms with Gasteiger partial charge in [-0.1, -0.05) is 48.5 Å². The molecule has 0 unspecified atom stereocenters. The molecular formula is C27H23FN2O5. The number of carbonyl (C=O) groups excluding carboxylic acids is 2. The summed E-state index contributed by atoms with van der Waals surface area (Å²) in [5.74, 6) is -2.81. The zero-order valence-electron chi connectivity index (χ0n) is 18.7. The first-order valence-corrected chi connectivity index (χ1v) is 11.3. The lowest BCUT2D eigenvalue weighted by Gasteiger charge is -2.15. The molecule has 1 fully saturated rings. The number of ether oxygens (including phenoxy) is 1. The number of carbonyl (C=O) groups is 3. The molecule has 1 saturated carbocycles. The van der Waals surface area contributed by atoms with Crippen molar-refractivity contribution in [1.82, 2.24) is 5.32 Å². The van der Waals surface area contributed by atoms with Gasteiger partial charge in [0.25, 0.3) is 5.91 Å². The van der Waals surface area contributed by atoms with Crippen molar-refractivity contribution in [2.45, 2.75) is 12.3 Å². The Bertz CT molecular complexity index is 1280. The predicted octanol–water partition coefficient (Wildman–Crippen LogP) is 4.64. The van der Waals surface area contributed by atoms with Gasteiger partial charge in [-0.25, -0.2) is 9.18 Å². The molecule has 2 atom stereocenters. The topological polar surface area (TPSA) is 105 Å². The van der Waals surface area contributed by atoms with E-state index in [1.165, 1.54) is 12.1 Å². The molecule has 3 aromatic rings. The summed E-state index contributed by atoms with van der Waals surface area (Å²) in [6.07, 6.45) is -0.274. The predicted molar refractivity (Wildman–Crippen MR) is 127 cm³/mol. The average Bonchev–Trinajstić information content (AvgIpc) is 3.58. The molecule has 0 saturated heterocycles. The van der Waals surface area contributed by atoms with Gasteiger partial charge in [0.15, 0.2) is 0 Å². The number of aliphatic carboxylic acids is 1. The van der Waals surface area contributed by atoms with E-state index in [1.807, 2.05) is 48.5 Å². The molecular weight excluding hydrogens is 451 g/mol. The molecule has 178 valence electrons. The number of nitrogens with one attached hydrogen (secondary N) is 2.